The highest BCUT2D eigenvalue weighted by molar-refractivity contribution is 7.20. The van der Waals surface area contributed by atoms with E-state index in [1.165, 1.54) is 11.3 Å². The molecule has 2 aliphatic rings. The summed E-state index contributed by atoms with van der Waals surface area (Å²) in [6, 6.07) is 10.7. The number of oxime groups is 1. The number of nitrogens with one attached hydrogen (secondary N) is 1. The molecule has 1 saturated carbocycles. The van der Waals surface area contributed by atoms with Crippen LogP contribution in [0.3, 0.4) is 0 Å². The summed E-state index contributed by atoms with van der Waals surface area (Å²) in [6.45, 7) is 4.26. The molecule has 2 aromatic rings. The van der Waals surface area contributed by atoms with Gasteiger partial charge in [0.2, 0.25) is 0 Å². The number of primary amides is 2. The number of amides is 3. The van der Waals surface area contributed by atoms with E-state index < -0.39 is 11.9 Å². The number of rotatable bonds is 5. The summed E-state index contributed by atoms with van der Waals surface area (Å²) in [7, 11) is 0. The number of hydrazone groups is 1. The first-order chi connectivity index (χ1) is 15.2. The van der Waals surface area contributed by atoms with Gasteiger partial charge in [-0.3, -0.25) is 15.1 Å². The Hall–Kier alpha value is -3.40. The van der Waals surface area contributed by atoms with Gasteiger partial charge in [0, 0.05) is 6.42 Å². The third kappa shape index (κ3) is 4.18. The fraction of sp³-hybridized carbons (Fsp3) is 0.364. The second-order valence-corrected chi connectivity index (χ2v) is 9.99. The molecule has 2 unspecified atom stereocenters. The SMILES string of the molecule is CC1(C)C/C(=N\O)C2C(Cc3ccccc3)=NN(c3cc(C(N)=O)c(NC(N)=O)s3)C2C1. The predicted molar refractivity (Wildman–Crippen MR) is 126 cm³/mol. The van der Waals surface area contributed by atoms with Crippen molar-refractivity contribution in [3.8, 4) is 0 Å². The highest BCUT2D eigenvalue weighted by Crippen LogP contribution is 2.47. The molecule has 0 spiro atoms. The molecule has 4 rings (SSSR count). The molecule has 0 bridgehead atoms. The summed E-state index contributed by atoms with van der Waals surface area (Å²) >= 11 is 1.19. The van der Waals surface area contributed by atoms with Gasteiger partial charge in [0.1, 0.15) is 10.0 Å². The number of anilines is 2. The normalized spacial score (nSPS) is 23.0. The minimum atomic E-state index is -0.776. The van der Waals surface area contributed by atoms with Crippen molar-refractivity contribution >= 4 is 44.7 Å². The average molecular weight is 455 g/mol. The summed E-state index contributed by atoms with van der Waals surface area (Å²) in [5.41, 5.74) is 13.6. The Morgan fingerprint density at radius 2 is 2.03 bits per heavy atom. The van der Waals surface area contributed by atoms with E-state index in [0.717, 1.165) is 17.7 Å². The number of nitrogens with zero attached hydrogens (tertiary/aromatic N) is 3. The van der Waals surface area contributed by atoms with Crippen LogP contribution >= 0.6 is 11.3 Å². The van der Waals surface area contributed by atoms with Gasteiger partial charge in [-0.15, -0.1) is 0 Å². The van der Waals surface area contributed by atoms with Crippen molar-refractivity contribution in [3.05, 3.63) is 47.5 Å². The molecule has 1 aromatic heterocycles. The van der Waals surface area contributed by atoms with E-state index in [4.69, 9.17) is 16.6 Å². The largest absolute Gasteiger partial charge is 0.411 e. The van der Waals surface area contributed by atoms with E-state index in [9.17, 15) is 14.8 Å². The molecule has 1 aliphatic heterocycles. The Kier molecular flexibility index (Phi) is 5.64. The Bertz CT molecular complexity index is 1110. The third-order valence-electron chi connectivity index (χ3n) is 5.88. The molecule has 10 heteroatoms. The monoisotopic (exact) mass is 454 g/mol. The maximum Gasteiger partial charge on any atom is 0.317 e. The van der Waals surface area contributed by atoms with E-state index in [0.29, 0.717) is 23.6 Å². The summed E-state index contributed by atoms with van der Waals surface area (Å²) in [5, 5.41) is 23.7. The van der Waals surface area contributed by atoms with Gasteiger partial charge in [0.15, 0.2) is 0 Å². The van der Waals surface area contributed by atoms with Gasteiger partial charge in [-0.1, -0.05) is 60.7 Å². The highest BCUT2D eigenvalue weighted by atomic mass is 32.1. The first kappa shape index (κ1) is 21.8. The van der Waals surface area contributed by atoms with Crippen LogP contribution in [0.4, 0.5) is 14.8 Å². The smallest absolute Gasteiger partial charge is 0.317 e. The number of hydrogen-bond donors (Lipinski definition) is 4. The lowest BCUT2D eigenvalue weighted by molar-refractivity contribution is 0.100. The highest BCUT2D eigenvalue weighted by Gasteiger charge is 2.49. The summed E-state index contributed by atoms with van der Waals surface area (Å²) in [4.78, 5) is 23.4. The lowest BCUT2D eigenvalue weighted by Gasteiger charge is -2.40. The lowest BCUT2D eigenvalue weighted by atomic mass is 9.67. The first-order valence-electron chi connectivity index (χ1n) is 10.3. The van der Waals surface area contributed by atoms with Gasteiger partial charge in [-0.25, -0.2) is 4.79 Å². The van der Waals surface area contributed by atoms with E-state index in [2.05, 4.69) is 24.3 Å². The number of thiophene rings is 1. The number of benzene rings is 1. The summed E-state index contributed by atoms with van der Waals surface area (Å²) in [6.07, 6.45) is 2.08. The van der Waals surface area contributed by atoms with Gasteiger partial charge < -0.3 is 16.7 Å². The Labute approximate surface area is 189 Å². The number of urea groups is 1. The maximum atomic E-state index is 12.0. The molecule has 32 heavy (non-hydrogen) atoms. The maximum absolute atomic E-state index is 12.0. The van der Waals surface area contributed by atoms with Crippen molar-refractivity contribution in [1.82, 2.24) is 0 Å². The van der Waals surface area contributed by atoms with Gasteiger partial charge in [0.25, 0.3) is 5.91 Å². The lowest BCUT2D eigenvalue weighted by Crippen LogP contribution is -2.47. The molecule has 9 nitrogen and oxygen atoms in total. The van der Waals surface area contributed by atoms with Crippen LogP contribution in [0.5, 0.6) is 0 Å². The number of carbonyl (C=O) groups excluding carboxylic acids is 2. The molecule has 1 fully saturated rings. The Morgan fingerprint density at radius 1 is 1.31 bits per heavy atom. The topological polar surface area (TPSA) is 146 Å². The van der Waals surface area contributed by atoms with Crippen molar-refractivity contribution in [1.29, 1.82) is 0 Å². The molecule has 168 valence electrons. The number of nitrogens with two attached hydrogens (primary N) is 2. The molecule has 0 radical (unpaired) electrons. The van der Waals surface area contributed by atoms with Gasteiger partial charge in [0.05, 0.1) is 28.9 Å². The van der Waals surface area contributed by atoms with Gasteiger partial charge in [-0.2, -0.15) is 5.10 Å². The van der Waals surface area contributed by atoms with Crippen LogP contribution in [0.2, 0.25) is 0 Å². The van der Waals surface area contributed by atoms with E-state index >= 15 is 0 Å². The molecular weight excluding hydrogens is 428 g/mol. The van der Waals surface area contributed by atoms with Crippen LogP contribution in [-0.4, -0.2) is 34.6 Å². The fourth-order valence-corrected chi connectivity index (χ4v) is 5.71. The molecular formula is C22H26N6O3S. The third-order valence-corrected chi connectivity index (χ3v) is 6.92. The Morgan fingerprint density at radius 3 is 2.66 bits per heavy atom. The van der Waals surface area contributed by atoms with E-state index in [1.807, 2.05) is 35.3 Å². The molecule has 3 amide bonds. The van der Waals surface area contributed by atoms with Crippen LogP contribution in [-0.2, 0) is 6.42 Å². The number of hydrogen-bond acceptors (Lipinski definition) is 7. The van der Waals surface area contributed by atoms with Crippen molar-refractivity contribution in [2.75, 3.05) is 10.3 Å². The zero-order valence-electron chi connectivity index (χ0n) is 17.9. The van der Waals surface area contributed by atoms with Crippen LogP contribution in [0.1, 0.15) is 42.6 Å². The molecule has 2 atom stereocenters. The summed E-state index contributed by atoms with van der Waals surface area (Å²) in [5.74, 6) is -0.818. The second kappa shape index (κ2) is 8.27. The van der Waals surface area contributed by atoms with Crippen LogP contribution in [0, 0.1) is 11.3 Å². The van der Waals surface area contributed by atoms with E-state index in [-0.39, 0.29) is 27.9 Å². The zero-order chi connectivity index (χ0) is 23.0. The molecule has 1 aliphatic carbocycles. The summed E-state index contributed by atoms with van der Waals surface area (Å²) < 4.78 is 0. The predicted octanol–water partition coefficient (Wildman–Crippen LogP) is 3.39. The van der Waals surface area contributed by atoms with Crippen molar-refractivity contribution < 1.29 is 14.8 Å². The number of fused-ring (bicyclic) bond motifs is 1. The van der Waals surface area contributed by atoms with Crippen molar-refractivity contribution in [2.24, 2.45) is 33.1 Å². The van der Waals surface area contributed by atoms with Crippen LogP contribution in [0.15, 0.2) is 46.7 Å². The minimum Gasteiger partial charge on any atom is -0.411 e. The average Bonchev–Trinajstić information content (AvgIpc) is 3.28. The fourth-order valence-electron chi connectivity index (χ4n) is 4.63. The van der Waals surface area contributed by atoms with E-state index in [1.54, 1.807) is 6.07 Å². The quantitative estimate of drug-likeness (QED) is 0.405. The zero-order valence-corrected chi connectivity index (χ0v) is 18.7. The van der Waals surface area contributed by atoms with Crippen molar-refractivity contribution in [2.45, 2.75) is 39.2 Å². The molecule has 6 N–H and O–H groups in total. The second-order valence-electron chi connectivity index (χ2n) is 8.96. The van der Waals surface area contributed by atoms with Gasteiger partial charge >= 0.3 is 6.03 Å². The van der Waals surface area contributed by atoms with Crippen LogP contribution in [0.25, 0.3) is 0 Å². The molecule has 2 heterocycles. The first-order valence-corrected chi connectivity index (χ1v) is 11.1. The molecule has 1 aromatic carbocycles. The van der Waals surface area contributed by atoms with Gasteiger partial charge in [-0.05, 0) is 29.9 Å². The van der Waals surface area contributed by atoms with Crippen LogP contribution < -0.4 is 21.8 Å². The molecule has 0 saturated heterocycles. The number of carbonyl (C=O) groups is 2. The minimum absolute atomic E-state index is 0.0934. The standard InChI is InChI=1S/C22H26N6O3S/c1-22(2)10-15(27-31)18-14(8-12-6-4-3-5-7-12)26-28(16(18)11-22)17-9-13(19(23)29)20(32-17)25-21(24)30/h3-7,9,16,18,31H,8,10-11H2,1-2H3,(H2,23,29)(H3,24,25,30)/b27-15+. The Balaban J connectivity index is 1.78. The van der Waals surface area contributed by atoms with Crippen molar-refractivity contribution in [3.63, 3.8) is 0 Å².